The highest BCUT2D eigenvalue weighted by Crippen LogP contribution is 2.30. The highest BCUT2D eigenvalue weighted by Gasteiger charge is 2.28. The highest BCUT2D eigenvalue weighted by atomic mass is 19.1. The van der Waals surface area contributed by atoms with Gasteiger partial charge in [0.1, 0.15) is 5.83 Å². The zero-order valence-corrected chi connectivity index (χ0v) is 8.08. The van der Waals surface area contributed by atoms with Crippen molar-refractivity contribution < 1.29 is 9.18 Å². The summed E-state index contributed by atoms with van der Waals surface area (Å²) in [6.07, 6.45) is 7.94. The smallest absolute Gasteiger partial charge is 0.210 e. The predicted molar refractivity (Wildman–Crippen MR) is 52.3 cm³/mol. The summed E-state index contributed by atoms with van der Waals surface area (Å²) in [5.74, 6) is -0.130. The molecule has 2 nitrogen and oxygen atoms in total. The van der Waals surface area contributed by atoms with Crippen LogP contribution in [0.4, 0.5) is 4.39 Å². The van der Waals surface area contributed by atoms with Crippen LogP contribution in [0.15, 0.2) is 23.6 Å². The Labute approximate surface area is 83.1 Å². The van der Waals surface area contributed by atoms with Crippen LogP contribution < -0.4 is 0 Å². The molecule has 1 aliphatic carbocycles. The molecule has 1 unspecified atom stereocenters. The highest BCUT2D eigenvalue weighted by molar-refractivity contribution is 5.51. The van der Waals surface area contributed by atoms with Crippen LogP contribution in [-0.2, 0) is 4.79 Å². The predicted octanol–water partition coefficient (Wildman–Crippen LogP) is 2.18. The number of carbonyl (C=O) groups excluding carboxylic acids is 1. The second-order valence-electron chi connectivity index (χ2n) is 3.79. The van der Waals surface area contributed by atoms with Crippen LogP contribution in [0.3, 0.4) is 0 Å². The van der Waals surface area contributed by atoms with Crippen molar-refractivity contribution >= 4 is 6.41 Å². The zero-order valence-electron chi connectivity index (χ0n) is 8.08. The third-order valence-electron chi connectivity index (χ3n) is 2.92. The van der Waals surface area contributed by atoms with E-state index in [0.29, 0.717) is 0 Å². The van der Waals surface area contributed by atoms with Crippen molar-refractivity contribution in [1.82, 2.24) is 4.90 Å². The van der Waals surface area contributed by atoms with E-state index in [2.05, 4.69) is 0 Å². The molecule has 1 atom stereocenters. The molecule has 1 saturated heterocycles. The maximum Gasteiger partial charge on any atom is 0.210 e. The average Bonchev–Trinajstić information content (AvgIpc) is 2.66. The van der Waals surface area contributed by atoms with Crippen LogP contribution in [-0.4, -0.2) is 23.9 Å². The number of carbonyl (C=O) groups is 1. The molecule has 0 bridgehead atoms. The fourth-order valence-corrected chi connectivity index (χ4v) is 2.21. The zero-order chi connectivity index (χ0) is 9.97. The van der Waals surface area contributed by atoms with Crippen LogP contribution in [0.5, 0.6) is 0 Å². The molecule has 0 saturated carbocycles. The number of nitrogens with zero attached hydrogens (tertiary/aromatic N) is 1. The molecule has 2 aliphatic rings. The second kappa shape index (κ2) is 3.95. The van der Waals surface area contributed by atoms with Crippen LogP contribution in [0.25, 0.3) is 0 Å². The molecule has 1 heterocycles. The van der Waals surface area contributed by atoms with E-state index in [1.807, 2.05) is 6.08 Å². The molecule has 0 N–H and O–H groups in total. The summed E-state index contributed by atoms with van der Waals surface area (Å²) in [7, 11) is 0. The van der Waals surface area contributed by atoms with Crippen molar-refractivity contribution in [2.24, 2.45) is 0 Å². The number of amides is 1. The fourth-order valence-electron chi connectivity index (χ4n) is 2.21. The van der Waals surface area contributed by atoms with Crippen molar-refractivity contribution in [3.05, 3.63) is 23.6 Å². The number of rotatable bonds is 2. The summed E-state index contributed by atoms with van der Waals surface area (Å²) >= 11 is 0. The normalized spacial score (nSPS) is 27.2. The summed E-state index contributed by atoms with van der Waals surface area (Å²) in [6.45, 7) is 0.763. The van der Waals surface area contributed by atoms with Crippen molar-refractivity contribution in [3.8, 4) is 0 Å². The molecule has 0 aromatic heterocycles. The van der Waals surface area contributed by atoms with Gasteiger partial charge in [-0.05, 0) is 31.8 Å². The Bertz CT molecular complexity index is 296. The third kappa shape index (κ3) is 1.59. The molecule has 1 fully saturated rings. The lowest BCUT2D eigenvalue weighted by atomic mass is 9.97. The first-order valence-electron chi connectivity index (χ1n) is 5.10. The minimum Gasteiger partial charge on any atom is -0.338 e. The Morgan fingerprint density at radius 3 is 2.93 bits per heavy atom. The van der Waals surface area contributed by atoms with Crippen molar-refractivity contribution in [3.63, 3.8) is 0 Å². The molecule has 14 heavy (non-hydrogen) atoms. The Balaban J connectivity index is 2.17. The Hall–Kier alpha value is -1.12. The van der Waals surface area contributed by atoms with Crippen molar-refractivity contribution in [1.29, 1.82) is 0 Å². The van der Waals surface area contributed by atoms with E-state index in [1.165, 1.54) is 0 Å². The summed E-state index contributed by atoms with van der Waals surface area (Å²) in [5.41, 5.74) is 0.723. The van der Waals surface area contributed by atoms with Gasteiger partial charge in [-0.1, -0.05) is 6.08 Å². The minimum atomic E-state index is -0.130. The van der Waals surface area contributed by atoms with Gasteiger partial charge in [0.2, 0.25) is 6.41 Å². The quantitative estimate of drug-likeness (QED) is 0.618. The number of likely N-dealkylation sites (tertiary alicyclic amines) is 1. The first-order valence-corrected chi connectivity index (χ1v) is 5.10. The van der Waals surface area contributed by atoms with Crippen LogP contribution in [0, 0.1) is 0 Å². The number of allylic oxidation sites excluding steroid dienone is 2. The lowest BCUT2D eigenvalue weighted by Gasteiger charge is -2.23. The molecular formula is C11H14FNO. The number of hydrogen-bond donors (Lipinski definition) is 0. The van der Waals surface area contributed by atoms with Gasteiger partial charge in [0.15, 0.2) is 0 Å². The van der Waals surface area contributed by atoms with Gasteiger partial charge in [-0.25, -0.2) is 4.39 Å². The van der Waals surface area contributed by atoms with E-state index < -0.39 is 0 Å². The standard InChI is InChI=1S/C11H14FNO/c12-10-5-2-1-4-9(10)11-6-3-7-13(11)8-14/h4-5,8,11H,1-3,6-7H2. The largest absolute Gasteiger partial charge is 0.338 e. The first-order chi connectivity index (χ1) is 6.83. The fraction of sp³-hybridized carbons (Fsp3) is 0.545. The third-order valence-corrected chi connectivity index (χ3v) is 2.92. The molecule has 0 spiro atoms. The van der Waals surface area contributed by atoms with Gasteiger partial charge in [-0.2, -0.15) is 0 Å². The molecule has 1 aliphatic heterocycles. The summed E-state index contributed by atoms with van der Waals surface area (Å²) in [5, 5.41) is 0. The average molecular weight is 195 g/mol. The molecule has 1 amide bonds. The van der Waals surface area contributed by atoms with Gasteiger partial charge >= 0.3 is 0 Å². The van der Waals surface area contributed by atoms with E-state index in [0.717, 1.165) is 44.2 Å². The van der Waals surface area contributed by atoms with Crippen LogP contribution in [0.2, 0.25) is 0 Å². The topological polar surface area (TPSA) is 20.3 Å². The summed E-state index contributed by atoms with van der Waals surface area (Å²) in [6, 6.07) is -0.0101. The Morgan fingerprint density at radius 1 is 1.43 bits per heavy atom. The maximum absolute atomic E-state index is 13.5. The van der Waals surface area contributed by atoms with E-state index in [1.54, 1.807) is 11.0 Å². The lowest BCUT2D eigenvalue weighted by Crippen LogP contribution is -2.30. The summed E-state index contributed by atoms with van der Waals surface area (Å²) in [4.78, 5) is 12.4. The molecule has 3 heteroatoms. The number of hydrogen-bond acceptors (Lipinski definition) is 1. The van der Waals surface area contributed by atoms with Gasteiger partial charge in [0.25, 0.3) is 0 Å². The second-order valence-corrected chi connectivity index (χ2v) is 3.79. The Morgan fingerprint density at radius 2 is 2.21 bits per heavy atom. The molecule has 0 radical (unpaired) electrons. The number of halogens is 1. The first kappa shape index (κ1) is 9.44. The SMILES string of the molecule is O=CN1CCCC1C1=CCCC=C1F. The molecule has 76 valence electrons. The van der Waals surface area contributed by atoms with Crippen LogP contribution >= 0.6 is 0 Å². The van der Waals surface area contributed by atoms with E-state index in [4.69, 9.17) is 0 Å². The van der Waals surface area contributed by atoms with Crippen molar-refractivity contribution in [2.75, 3.05) is 6.54 Å². The van der Waals surface area contributed by atoms with Gasteiger partial charge in [-0.15, -0.1) is 0 Å². The lowest BCUT2D eigenvalue weighted by molar-refractivity contribution is -0.118. The molecular weight excluding hydrogens is 181 g/mol. The minimum absolute atomic E-state index is 0.0101. The molecule has 0 aromatic rings. The maximum atomic E-state index is 13.5. The van der Waals surface area contributed by atoms with E-state index >= 15 is 0 Å². The van der Waals surface area contributed by atoms with Gasteiger partial charge in [0.05, 0.1) is 6.04 Å². The molecule has 2 rings (SSSR count). The van der Waals surface area contributed by atoms with Crippen molar-refractivity contribution in [2.45, 2.75) is 31.7 Å². The van der Waals surface area contributed by atoms with Gasteiger partial charge in [0, 0.05) is 12.1 Å². The monoisotopic (exact) mass is 195 g/mol. The van der Waals surface area contributed by atoms with E-state index in [9.17, 15) is 9.18 Å². The Kier molecular flexibility index (Phi) is 2.66. The van der Waals surface area contributed by atoms with E-state index in [-0.39, 0.29) is 11.9 Å². The van der Waals surface area contributed by atoms with Crippen LogP contribution in [0.1, 0.15) is 25.7 Å². The van der Waals surface area contributed by atoms with Gasteiger partial charge in [-0.3, -0.25) is 4.79 Å². The molecule has 0 aromatic carbocycles. The van der Waals surface area contributed by atoms with Gasteiger partial charge < -0.3 is 4.90 Å². The summed E-state index contributed by atoms with van der Waals surface area (Å²) < 4.78 is 13.5.